The fraction of sp³-hybridized carbons (Fsp3) is 0.100. The Morgan fingerprint density at radius 2 is 2.07 bits per heavy atom. The third-order valence-electron chi connectivity index (χ3n) is 1.85. The molecular weight excluding hydrogens is 176 g/mol. The highest BCUT2D eigenvalue weighted by atomic mass is 14.9. The summed E-state index contributed by atoms with van der Waals surface area (Å²) in [5, 5.41) is 0. The standard InChI is InChI=1S/C10H10N4/c1-7-13-6-8(11)10(14-7)9-4-2-3-5-12-9/h2-6H,11H2,1H3. The molecule has 14 heavy (non-hydrogen) atoms. The Hall–Kier alpha value is -1.97. The molecule has 0 aliphatic carbocycles. The van der Waals surface area contributed by atoms with Crippen LogP contribution < -0.4 is 5.73 Å². The van der Waals surface area contributed by atoms with Gasteiger partial charge in [-0.25, -0.2) is 9.97 Å². The molecule has 0 aromatic carbocycles. The van der Waals surface area contributed by atoms with Gasteiger partial charge in [-0.1, -0.05) is 6.07 Å². The predicted molar refractivity (Wildman–Crippen MR) is 54.4 cm³/mol. The number of anilines is 1. The average molecular weight is 186 g/mol. The molecule has 4 heteroatoms. The lowest BCUT2D eigenvalue weighted by atomic mass is 10.2. The highest BCUT2D eigenvalue weighted by Crippen LogP contribution is 2.19. The number of hydrogen-bond acceptors (Lipinski definition) is 4. The number of nitrogens with two attached hydrogens (primary N) is 1. The maximum Gasteiger partial charge on any atom is 0.126 e. The van der Waals surface area contributed by atoms with Gasteiger partial charge in [0, 0.05) is 6.20 Å². The Labute approximate surface area is 81.9 Å². The van der Waals surface area contributed by atoms with E-state index in [1.54, 1.807) is 12.4 Å². The van der Waals surface area contributed by atoms with E-state index in [0.717, 1.165) is 5.69 Å². The van der Waals surface area contributed by atoms with Gasteiger partial charge in [0.15, 0.2) is 0 Å². The molecular formula is C10H10N4. The van der Waals surface area contributed by atoms with Crippen LogP contribution in [0.1, 0.15) is 5.82 Å². The Morgan fingerprint density at radius 3 is 2.79 bits per heavy atom. The highest BCUT2D eigenvalue weighted by Gasteiger charge is 2.05. The van der Waals surface area contributed by atoms with Gasteiger partial charge in [0.1, 0.15) is 11.5 Å². The lowest BCUT2D eigenvalue weighted by Gasteiger charge is -2.03. The van der Waals surface area contributed by atoms with Gasteiger partial charge in [-0.05, 0) is 19.1 Å². The number of nitrogens with zero attached hydrogens (tertiary/aromatic N) is 3. The van der Waals surface area contributed by atoms with Crippen LogP contribution in [0.4, 0.5) is 5.69 Å². The minimum atomic E-state index is 0.550. The molecule has 0 spiro atoms. The summed E-state index contributed by atoms with van der Waals surface area (Å²) in [5.41, 5.74) is 7.77. The van der Waals surface area contributed by atoms with Crippen LogP contribution in [0.3, 0.4) is 0 Å². The van der Waals surface area contributed by atoms with Crippen molar-refractivity contribution in [2.45, 2.75) is 6.92 Å². The summed E-state index contributed by atoms with van der Waals surface area (Å²) in [6.45, 7) is 1.83. The zero-order valence-electron chi connectivity index (χ0n) is 7.81. The maximum absolute atomic E-state index is 5.76. The minimum Gasteiger partial charge on any atom is -0.396 e. The van der Waals surface area contributed by atoms with E-state index < -0.39 is 0 Å². The molecule has 0 saturated heterocycles. The number of nitrogen functional groups attached to an aromatic ring is 1. The Kier molecular flexibility index (Phi) is 2.10. The highest BCUT2D eigenvalue weighted by molar-refractivity contribution is 5.68. The molecule has 2 heterocycles. The number of rotatable bonds is 1. The van der Waals surface area contributed by atoms with Crippen LogP contribution in [0.2, 0.25) is 0 Å². The second-order valence-electron chi connectivity index (χ2n) is 2.94. The molecule has 0 fully saturated rings. The van der Waals surface area contributed by atoms with Crippen LogP contribution in [0.25, 0.3) is 11.4 Å². The van der Waals surface area contributed by atoms with Crippen LogP contribution >= 0.6 is 0 Å². The van der Waals surface area contributed by atoms with Crippen molar-refractivity contribution in [1.29, 1.82) is 0 Å². The second kappa shape index (κ2) is 3.41. The van der Waals surface area contributed by atoms with Gasteiger partial charge in [0.2, 0.25) is 0 Å². The van der Waals surface area contributed by atoms with E-state index in [1.807, 2.05) is 25.1 Å². The summed E-state index contributed by atoms with van der Waals surface area (Å²) in [6.07, 6.45) is 3.32. The molecule has 0 atom stereocenters. The number of aromatic nitrogens is 3. The molecule has 2 N–H and O–H groups in total. The van der Waals surface area contributed by atoms with Crippen LogP contribution in [0.5, 0.6) is 0 Å². The lowest BCUT2D eigenvalue weighted by Crippen LogP contribution is -1.98. The molecule has 0 saturated carbocycles. The molecule has 0 aliphatic rings. The van der Waals surface area contributed by atoms with Crippen molar-refractivity contribution in [1.82, 2.24) is 15.0 Å². The number of aryl methyl sites for hydroxylation is 1. The summed E-state index contributed by atoms with van der Waals surface area (Å²) in [5.74, 6) is 0.694. The molecule has 0 bridgehead atoms. The molecule has 4 nitrogen and oxygen atoms in total. The third-order valence-corrected chi connectivity index (χ3v) is 1.85. The fourth-order valence-corrected chi connectivity index (χ4v) is 1.19. The van der Waals surface area contributed by atoms with E-state index >= 15 is 0 Å². The summed E-state index contributed by atoms with van der Waals surface area (Å²) in [6, 6.07) is 5.63. The predicted octanol–water partition coefficient (Wildman–Crippen LogP) is 1.43. The van der Waals surface area contributed by atoms with Crippen LogP contribution in [-0.4, -0.2) is 15.0 Å². The molecule has 0 unspecified atom stereocenters. The summed E-state index contributed by atoms with van der Waals surface area (Å²) in [7, 11) is 0. The van der Waals surface area contributed by atoms with Crippen LogP contribution in [0.15, 0.2) is 30.6 Å². The number of hydrogen-bond donors (Lipinski definition) is 1. The monoisotopic (exact) mass is 186 g/mol. The number of pyridine rings is 1. The normalized spacial score (nSPS) is 10.1. The lowest BCUT2D eigenvalue weighted by molar-refractivity contribution is 1.05. The maximum atomic E-state index is 5.76. The van der Waals surface area contributed by atoms with Crippen molar-refractivity contribution in [3.8, 4) is 11.4 Å². The Morgan fingerprint density at radius 1 is 1.21 bits per heavy atom. The van der Waals surface area contributed by atoms with E-state index in [-0.39, 0.29) is 0 Å². The first-order chi connectivity index (χ1) is 6.77. The average Bonchev–Trinajstić information content (AvgIpc) is 2.23. The van der Waals surface area contributed by atoms with Crippen LogP contribution in [0, 0.1) is 6.92 Å². The molecule has 0 amide bonds. The fourth-order valence-electron chi connectivity index (χ4n) is 1.19. The third kappa shape index (κ3) is 1.54. The zero-order valence-corrected chi connectivity index (χ0v) is 7.81. The summed E-state index contributed by atoms with van der Waals surface area (Å²) >= 11 is 0. The first-order valence-corrected chi connectivity index (χ1v) is 4.28. The van der Waals surface area contributed by atoms with Crippen molar-refractivity contribution in [2.75, 3.05) is 5.73 Å². The smallest absolute Gasteiger partial charge is 0.126 e. The van der Waals surface area contributed by atoms with E-state index in [1.165, 1.54) is 0 Å². The van der Waals surface area contributed by atoms with Gasteiger partial charge in [0.05, 0.1) is 17.6 Å². The van der Waals surface area contributed by atoms with Gasteiger partial charge in [-0.15, -0.1) is 0 Å². The Balaban J connectivity index is 2.57. The van der Waals surface area contributed by atoms with Crippen molar-refractivity contribution in [2.24, 2.45) is 0 Å². The first-order valence-electron chi connectivity index (χ1n) is 4.28. The minimum absolute atomic E-state index is 0.550. The summed E-state index contributed by atoms with van der Waals surface area (Å²) < 4.78 is 0. The van der Waals surface area contributed by atoms with E-state index in [9.17, 15) is 0 Å². The van der Waals surface area contributed by atoms with Crippen molar-refractivity contribution in [3.63, 3.8) is 0 Å². The SMILES string of the molecule is Cc1ncc(N)c(-c2ccccn2)n1. The van der Waals surface area contributed by atoms with E-state index in [0.29, 0.717) is 17.2 Å². The van der Waals surface area contributed by atoms with Gasteiger partial charge >= 0.3 is 0 Å². The Bertz CT molecular complexity index is 439. The zero-order chi connectivity index (χ0) is 9.97. The van der Waals surface area contributed by atoms with Crippen molar-refractivity contribution < 1.29 is 0 Å². The molecule has 2 aromatic heterocycles. The quantitative estimate of drug-likeness (QED) is 0.731. The molecule has 0 radical (unpaired) electrons. The van der Waals surface area contributed by atoms with Gasteiger partial charge in [-0.2, -0.15) is 0 Å². The van der Waals surface area contributed by atoms with Crippen LogP contribution in [-0.2, 0) is 0 Å². The van der Waals surface area contributed by atoms with Crippen molar-refractivity contribution in [3.05, 3.63) is 36.4 Å². The second-order valence-corrected chi connectivity index (χ2v) is 2.94. The van der Waals surface area contributed by atoms with Crippen molar-refractivity contribution >= 4 is 5.69 Å². The van der Waals surface area contributed by atoms with Gasteiger partial charge in [0.25, 0.3) is 0 Å². The first kappa shape index (κ1) is 8.62. The molecule has 70 valence electrons. The topological polar surface area (TPSA) is 64.7 Å². The van der Waals surface area contributed by atoms with Gasteiger partial charge in [-0.3, -0.25) is 4.98 Å². The molecule has 2 rings (SSSR count). The molecule has 2 aromatic rings. The van der Waals surface area contributed by atoms with Gasteiger partial charge < -0.3 is 5.73 Å². The largest absolute Gasteiger partial charge is 0.396 e. The molecule has 0 aliphatic heterocycles. The van der Waals surface area contributed by atoms with E-state index in [4.69, 9.17) is 5.73 Å². The van der Waals surface area contributed by atoms with E-state index in [2.05, 4.69) is 15.0 Å². The summed E-state index contributed by atoms with van der Waals surface area (Å²) in [4.78, 5) is 12.4.